The summed E-state index contributed by atoms with van der Waals surface area (Å²) in [6.45, 7) is 1.56. The third-order valence-corrected chi connectivity index (χ3v) is 5.45. The Hall–Kier alpha value is -3.61. The van der Waals surface area contributed by atoms with Crippen molar-refractivity contribution in [2.45, 2.75) is 38.3 Å². The average Bonchev–Trinajstić information content (AvgIpc) is 3.24. The zero-order chi connectivity index (χ0) is 21.8. The highest BCUT2D eigenvalue weighted by atomic mass is 16.6. The monoisotopic (exact) mass is 419 g/mol. The van der Waals surface area contributed by atoms with Gasteiger partial charge in [-0.2, -0.15) is 5.10 Å². The first-order chi connectivity index (χ1) is 15.1. The number of ether oxygens (including phenoxy) is 2. The first-order valence-corrected chi connectivity index (χ1v) is 10.3. The first kappa shape index (κ1) is 20.7. The van der Waals surface area contributed by atoms with Gasteiger partial charge in [0.15, 0.2) is 11.9 Å². The molecule has 0 saturated heterocycles. The van der Waals surface area contributed by atoms with Crippen LogP contribution in [0.3, 0.4) is 0 Å². The van der Waals surface area contributed by atoms with Crippen LogP contribution in [0.2, 0.25) is 0 Å². The molecule has 31 heavy (non-hydrogen) atoms. The molecule has 2 atom stereocenters. The Bertz CT molecular complexity index is 1080. The maximum atomic E-state index is 12.7. The van der Waals surface area contributed by atoms with E-state index in [0.29, 0.717) is 0 Å². The molecular formula is C24H25N3O4. The van der Waals surface area contributed by atoms with E-state index in [1.54, 1.807) is 17.8 Å². The zero-order valence-corrected chi connectivity index (χ0v) is 17.6. The zero-order valence-electron chi connectivity index (χ0n) is 17.6. The molecule has 0 spiro atoms. The van der Waals surface area contributed by atoms with Crippen LogP contribution >= 0.6 is 0 Å². The SMILES string of the molecule is COc1cn(-c2ccccc2)nc1C(=O)O[C@H](C)C(=O)N[C@H]1CCCc2ccccc21. The van der Waals surface area contributed by atoms with E-state index < -0.39 is 12.1 Å². The van der Waals surface area contributed by atoms with Crippen LogP contribution in [0.15, 0.2) is 60.8 Å². The van der Waals surface area contributed by atoms with Crippen molar-refractivity contribution >= 4 is 11.9 Å². The number of aromatic nitrogens is 2. The summed E-state index contributed by atoms with van der Waals surface area (Å²) in [7, 11) is 1.46. The van der Waals surface area contributed by atoms with E-state index in [2.05, 4.69) is 16.5 Å². The minimum Gasteiger partial charge on any atom is -0.493 e. The van der Waals surface area contributed by atoms with E-state index >= 15 is 0 Å². The number of rotatable bonds is 6. The number of nitrogens with zero attached hydrogens (tertiary/aromatic N) is 2. The number of methoxy groups -OCH3 is 1. The number of aryl methyl sites for hydroxylation is 1. The molecule has 160 valence electrons. The number of hydrogen-bond acceptors (Lipinski definition) is 5. The third kappa shape index (κ3) is 4.45. The van der Waals surface area contributed by atoms with Gasteiger partial charge in [-0.1, -0.05) is 42.5 Å². The van der Waals surface area contributed by atoms with Crippen LogP contribution < -0.4 is 10.1 Å². The van der Waals surface area contributed by atoms with Crippen molar-refractivity contribution in [2.75, 3.05) is 7.11 Å². The average molecular weight is 419 g/mol. The van der Waals surface area contributed by atoms with Crippen LogP contribution in [-0.4, -0.2) is 34.9 Å². The predicted molar refractivity (Wildman–Crippen MR) is 115 cm³/mol. The highest BCUT2D eigenvalue weighted by Crippen LogP contribution is 2.29. The number of fused-ring (bicyclic) bond motifs is 1. The van der Waals surface area contributed by atoms with E-state index in [4.69, 9.17) is 9.47 Å². The molecular weight excluding hydrogens is 394 g/mol. The van der Waals surface area contributed by atoms with Gasteiger partial charge in [0.2, 0.25) is 5.69 Å². The number of benzene rings is 2. The number of nitrogens with one attached hydrogen (secondary N) is 1. The van der Waals surface area contributed by atoms with Gasteiger partial charge >= 0.3 is 5.97 Å². The lowest BCUT2D eigenvalue weighted by Gasteiger charge is -2.27. The topological polar surface area (TPSA) is 82.5 Å². The van der Waals surface area contributed by atoms with E-state index in [1.165, 1.54) is 12.7 Å². The fraction of sp³-hybridized carbons (Fsp3) is 0.292. The molecule has 7 nitrogen and oxygen atoms in total. The Balaban J connectivity index is 1.44. The third-order valence-electron chi connectivity index (χ3n) is 5.45. The number of amides is 1. The number of para-hydroxylation sites is 1. The molecule has 0 fully saturated rings. The van der Waals surface area contributed by atoms with Crippen molar-refractivity contribution in [2.24, 2.45) is 0 Å². The van der Waals surface area contributed by atoms with E-state index in [-0.39, 0.29) is 23.4 Å². The second kappa shape index (κ2) is 9.04. The molecule has 4 rings (SSSR count). The van der Waals surface area contributed by atoms with Gasteiger partial charge in [-0.25, -0.2) is 9.48 Å². The van der Waals surface area contributed by atoms with Crippen LogP contribution in [-0.2, 0) is 16.0 Å². The molecule has 1 N–H and O–H groups in total. The Kier molecular flexibility index (Phi) is 6.02. The quantitative estimate of drug-likeness (QED) is 0.617. The van der Waals surface area contributed by atoms with Gasteiger partial charge in [-0.15, -0.1) is 0 Å². The van der Waals surface area contributed by atoms with Gasteiger partial charge < -0.3 is 14.8 Å². The summed E-state index contributed by atoms with van der Waals surface area (Å²) in [6.07, 6.45) is 3.52. The smallest absolute Gasteiger partial charge is 0.363 e. The van der Waals surface area contributed by atoms with Crippen LogP contribution in [0.25, 0.3) is 5.69 Å². The molecule has 0 saturated carbocycles. The van der Waals surface area contributed by atoms with Gasteiger partial charge in [-0.3, -0.25) is 4.79 Å². The Morgan fingerprint density at radius 2 is 1.87 bits per heavy atom. The standard InChI is InChI=1S/C24H25N3O4/c1-16(23(28)25-20-14-8-10-17-9-6-7-13-19(17)20)31-24(29)22-21(30-2)15-27(26-22)18-11-4-3-5-12-18/h3-7,9,11-13,15-16,20H,8,10,14H2,1-2H3,(H,25,28)/t16-,20+/m1/s1. The molecule has 0 aliphatic heterocycles. The van der Waals surface area contributed by atoms with Gasteiger partial charge in [-0.05, 0) is 49.4 Å². The molecule has 1 aromatic heterocycles. The minimum atomic E-state index is -0.965. The molecule has 1 aliphatic carbocycles. The summed E-state index contributed by atoms with van der Waals surface area (Å²) < 4.78 is 12.2. The highest BCUT2D eigenvalue weighted by Gasteiger charge is 2.28. The van der Waals surface area contributed by atoms with Gasteiger partial charge in [0, 0.05) is 0 Å². The Morgan fingerprint density at radius 3 is 2.65 bits per heavy atom. The molecule has 0 unspecified atom stereocenters. The van der Waals surface area contributed by atoms with Crippen molar-refractivity contribution in [1.29, 1.82) is 0 Å². The lowest BCUT2D eigenvalue weighted by Crippen LogP contribution is -2.39. The minimum absolute atomic E-state index is 0.0222. The second-order valence-corrected chi connectivity index (χ2v) is 7.53. The van der Waals surface area contributed by atoms with Crippen molar-refractivity contribution < 1.29 is 19.1 Å². The fourth-order valence-corrected chi connectivity index (χ4v) is 3.82. The van der Waals surface area contributed by atoms with Crippen molar-refractivity contribution in [1.82, 2.24) is 15.1 Å². The molecule has 1 amide bonds. The number of esters is 1. The van der Waals surface area contributed by atoms with E-state index in [9.17, 15) is 9.59 Å². The van der Waals surface area contributed by atoms with Crippen LogP contribution in [0, 0.1) is 0 Å². The van der Waals surface area contributed by atoms with Crippen molar-refractivity contribution in [3.05, 3.63) is 77.6 Å². The van der Waals surface area contributed by atoms with Crippen LogP contribution in [0.4, 0.5) is 0 Å². The molecule has 1 heterocycles. The molecule has 1 aliphatic rings. The molecule has 3 aromatic rings. The summed E-state index contributed by atoms with van der Waals surface area (Å²) in [5, 5.41) is 7.31. The largest absolute Gasteiger partial charge is 0.493 e. The lowest BCUT2D eigenvalue weighted by molar-refractivity contribution is -0.130. The molecule has 0 bridgehead atoms. The van der Waals surface area contributed by atoms with Crippen LogP contribution in [0.1, 0.15) is 47.4 Å². The first-order valence-electron chi connectivity index (χ1n) is 10.3. The lowest BCUT2D eigenvalue weighted by atomic mass is 9.87. The van der Waals surface area contributed by atoms with Gasteiger partial charge in [0.25, 0.3) is 5.91 Å². The molecule has 0 radical (unpaired) electrons. The maximum Gasteiger partial charge on any atom is 0.363 e. The van der Waals surface area contributed by atoms with Crippen LogP contribution in [0.5, 0.6) is 5.75 Å². The number of carbonyl (C=O) groups is 2. The number of hydrogen-bond donors (Lipinski definition) is 1. The van der Waals surface area contributed by atoms with Gasteiger partial charge in [0.1, 0.15) is 0 Å². The highest BCUT2D eigenvalue weighted by molar-refractivity contribution is 5.93. The molecule has 7 heteroatoms. The Morgan fingerprint density at radius 1 is 1.13 bits per heavy atom. The maximum absolute atomic E-state index is 12.7. The van der Waals surface area contributed by atoms with Crippen molar-refractivity contribution in [3.8, 4) is 11.4 Å². The molecule has 2 aromatic carbocycles. The fourth-order valence-electron chi connectivity index (χ4n) is 3.82. The predicted octanol–water partition coefficient (Wildman–Crippen LogP) is 3.62. The number of carbonyl (C=O) groups excluding carboxylic acids is 2. The van der Waals surface area contributed by atoms with Gasteiger partial charge in [0.05, 0.1) is 25.0 Å². The summed E-state index contributed by atoms with van der Waals surface area (Å²) in [4.78, 5) is 25.4. The summed E-state index contributed by atoms with van der Waals surface area (Å²) in [5.74, 6) is -0.766. The second-order valence-electron chi connectivity index (χ2n) is 7.53. The summed E-state index contributed by atoms with van der Waals surface area (Å²) in [6, 6.07) is 17.4. The van der Waals surface area contributed by atoms with E-state index in [0.717, 1.165) is 30.5 Å². The Labute approximate surface area is 181 Å². The van der Waals surface area contributed by atoms with Crippen molar-refractivity contribution in [3.63, 3.8) is 0 Å². The summed E-state index contributed by atoms with van der Waals surface area (Å²) in [5.41, 5.74) is 3.18. The summed E-state index contributed by atoms with van der Waals surface area (Å²) >= 11 is 0. The normalized spacial score (nSPS) is 16.1. The van der Waals surface area contributed by atoms with E-state index in [1.807, 2.05) is 48.5 Å².